The second-order valence-electron chi connectivity index (χ2n) is 6.56. The van der Waals surface area contributed by atoms with Gasteiger partial charge < -0.3 is 5.32 Å². The van der Waals surface area contributed by atoms with E-state index < -0.39 is 17.0 Å². The Morgan fingerprint density at radius 1 is 1.08 bits per heavy atom. The number of anilines is 1. The zero-order valence-electron chi connectivity index (χ0n) is 14.0. The lowest BCUT2D eigenvalue weighted by Gasteiger charge is -2.23. The van der Waals surface area contributed by atoms with Crippen LogP contribution >= 0.6 is 0 Å². The maximum Gasteiger partial charge on any atom is 0.230 e. The number of hydrogen-bond donors (Lipinski definition) is 1. The lowest BCUT2D eigenvalue weighted by atomic mass is 9.85. The van der Waals surface area contributed by atoms with E-state index in [4.69, 9.17) is 0 Å². The molecule has 0 spiro atoms. The number of aryl methyl sites for hydroxylation is 1. The summed E-state index contributed by atoms with van der Waals surface area (Å²) in [6, 6.07) is 14.4. The largest absolute Gasteiger partial charge is 0.323 e. The fraction of sp³-hybridized carbons (Fsp3) is 0.350. The van der Waals surface area contributed by atoms with Gasteiger partial charge in [-0.25, -0.2) is 8.78 Å². The summed E-state index contributed by atoms with van der Waals surface area (Å²) in [7, 11) is 0. The molecule has 0 aliphatic carbocycles. The molecule has 4 heteroatoms. The van der Waals surface area contributed by atoms with E-state index in [1.807, 2.05) is 38.1 Å². The van der Waals surface area contributed by atoms with Gasteiger partial charge in [-0.05, 0) is 37.0 Å². The van der Waals surface area contributed by atoms with Gasteiger partial charge in [-0.1, -0.05) is 50.6 Å². The Kier molecular flexibility index (Phi) is 6.07. The van der Waals surface area contributed by atoms with E-state index >= 15 is 0 Å². The fourth-order valence-corrected chi connectivity index (χ4v) is 2.49. The first-order chi connectivity index (χ1) is 11.4. The first-order valence-corrected chi connectivity index (χ1v) is 8.11. The number of hydrogen-bond acceptors (Lipinski definition) is 1. The predicted octanol–water partition coefficient (Wildman–Crippen LogP) is 5.14. The van der Waals surface area contributed by atoms with Crippen LogP contribution < -0.4 is 5.32 Å². The molecule has 0 unspecified atom stereocenters. The van der Waals surface area contributed by atoms with Crippen LogP contribution in [-0.2, 0) is 11.2 Å². The first kappa shape index (κ1) is 18.1. The standard InChI is InChI=1S/C20H22F2NO/c1-20(2,13-7-6-10-15-8-4-3-5-9-15)19(24)23-18-12-11-16(21)14-17(18)22/h3-5,8-9,11-12H,6-7,10,13H2,1-2H3,(H,23,24). The molecular weight excluding hydrogens is 308 g/mol. The van der Waals surface area contributed by atoms with Gasteiger partial charge in [-0.15, -0.1) is 0 Å². The quantitative estimate of drug-likeness (QED) is 0.700. The third kappa shape index (κ3) is 5.15. The molecule has 1 radical (unpaired) electrons. The second kappa shape index (κ2) is 8.04. The molecular formula is C20H22F2NO. The summed E-state index contributed by atoms with van der Waals surface area (Å²) in [5.41, 5.74) is 0.611. The molecule has 0 saturated heterocycles. The van der Waals surface area contributed by atoms with Crippen LogP contribution in [0.2, 0.25) is 0 Å². The Morgan fingerprint density at radius 3 is 2.46 bits per heavy atom. The molecule has 0 aliphatic heterocycles. The average Bonchev–Trinajstić information content (AvgIpc) is 2.55. The van der Waals surface area contributed by atoms with Gasteiger partial charge in [-0.3, -0.25) is 4.79 Å². The molecule has 2 rings (SSSR count). The predicted molar refractivity (Wildman–Crippen MR) is 91.6 cm³/mol. The molecule has 2 aromatic carbocycles. The SMILES string of the molecule is CC(C)(CCCCc1ccccc1)C(=O)Nc1ccc(F)[c]c1F. The van der Waals surface area contributed by atoms with Crippen molar-refractivity contribution in [3.05, 3.63) is 65.7 Å². The minimum Gasteiger partial charge on any atom is -0.323 e. The number of benzene rings is 2. The Balaban J connectivity index is 1.83. The summed E-state index contributed by atoms with van der Waals surface area (Å²) in [6.45, 7) is 3.66. The highest BCUT2D eigenvalue weighted by atomic mass is 19.1. The van der Waals surface area contributed by atoms with Gasteiger partial charge in [0.05, 0.1) is 11.8 Å². The van der Waals surface area contributed by atoms with Crippen LogP contribution in [0.3, 0.4) is 0 Å². The molecule has 2 nitrogen and oxygen atoms in total. The minimum absolute atomic E-state index is 0.0428. The Hall–Kier alpha value is -2.23. The number of amides is 1. The maximum atomic E-state index is 13.6. The molecule has 127 valence electrons. The van der Waals surface area contributed by atoms with Gasteiger partial charge in [0.2, 0.25) is 5.91 Å². The fourth-order valence-electron chi connectivity index (χ4n) is 2.49. The summed E-state index contributed by atoms with van der Waals surface area (Å²) < 4.78 is 26.4. The van der Waals surface area contributed by atoms with E-state index in [9.17, 15) is 13.6 Å². The molecule has 1 N–H and O–H groups in total. The van der Waals surface area contributed by atoms with Crippen LogP contribution in [0.5, 0.6) is 0 Å². The van der Waals surface area contributed by atoms with Crippen molar-refractivity contribution >= 4 is 11.6 Å². The Labute approximate surface area is 141 Å². The van der Waals surface area contributed by atoms with Crippen molar-refractivity contribution in [2.24, 2.45) is 5.41 Å². The van der Waals surface area contributed by atoms with E-state index in [2.05, 4.69) is 17.4 Å². The monoisotopic (exact) mass is 330 g/mol. The van der Waals surface area contributed by atoms with Crippen molar-refractivity contribution in [3.63, 3.8) is 0 Å². The molecule has 1 amide bonds. The third-order valence-corrected chi connectivity index (χ3v) is 4.08. The van der Waals surface area contributed by atoms with E-state index in [1.165, 1.54) is 11.6 Å². The number of nitrogens with one attached hydrogen (secondary N) is 1. The highest BCUT2D eigenvalue weighted by Gasteiger charge is 2.27. The van der Waals surface area contributed by atoms with Crippen LogP contribution in [0.25, 0.3) is 0 Å². The maximum absolute atomic E-state index is 13.6. The van der Waals surface area contributed by atoms with E-state index in [-0.39, 0.29) is 11.6 Å². The number of unbranched alkanes of at least 4 members (excludes halogenated alkanes) is 1. The summed E-state index contributed by atoms with van der Waals surface area (Å²) >= 11 is 0. The van der Waals surface area contributed by atoms with Crippen molar-refractivity contribution in [2.75, 3.05) is 5.32 Å². The summed E-state index contributed by atoms with van der Waals surface area (Å²) in [5.74, 6) is -1.95. The van der Waals surface area contributed by atoms with Crippen LogP contribution in [0.15, 0.2) is 42.5 Å². The molecule has 0 aliphatic rings. The molecule has 0 heterocycles. The van der Waals surface area contributed by atoms with Crippen LogP contribution in [0.1, 0.15) is 38.7 Å². The van der Waals surface area contributed by atoms with E-state index in [0.29, 0.717) is 6.42 Å². The van der Waals surface area contributed by atoms with Gasteiger partial charge in [0.25, 0.3) is 0 Å². The molecule has 0 bridgehead atoms. The normalized spacial score (nSPS) is 11.3. The lowest BCUT2D eigenvalue weighted by Crippen LogP contribution is -2.31. The van der Waals surface area contributed by atoms with Crippen molar-refractivity contribution in [1.82, 2.24) is 0 Å². The molecule has 0 aromatic heterocycles. The van der Waals surface area contributed by atoms with Crippen LogP contribution in [-0.4, -0.2) is 5.91 Å². The van der Waals surface area contributed by atoms with Crippen LogP contribution in [0, 0.1) is 23.1 Å². The van der Waals surface area contributed by atoms with Crippen molar-refractivity contribution in [1.29, 1.82) is 0 Å². The van der Waals surface area contributed by atoms with E-state index in [0.717, 1.165) is 25.3 Å². The van der Waals surface area contributed by atoms with Gasteiger partial charge >= 0.3 is 0 Å². The van der Waals surface area contributed by atoms with Gasteiger partial charge in [0.1, 0.15) is 5.82 Å². The zero-order valence-corrected chi connectivity index (χ0v) is 14.0. The smallest absolute Gasteiger partial charge is 0.230 e. The van der Waals surface area contributed by atoms with Crippen molar-refractivity contribution < 1.29 is 13.6 Å². The molecule has 0 atom stereocenters. The highest BCUT2D eigenvalue weighted by molar-refractivity contribution is 5.94. The zero-order chi connectivity index (χ0) is 17.6. The van der Waals surface area contributed by atoms with Crippen LogP contribution in [0.4, 0.5) is 14.5 Å². The molecule has 0 fully saturated rings. The number of halogens is 2. The number of carbonyl (C=O) groups is 1. The lowest BCUT2D eigenvalue weighted by molar-refractivity contribution is -0.124. The highest BCUT2D eigenvalue weighted by Crippen LogP contribution is 2.26. The second-order valence-corrected chi connectivity index (χ2v) is 6.56. The number of rotatable bonds is 7. The molecule has 2 aromatic rings. The summed E-state index contributed by atoms with van der Waals surface area (Å²) in [4.78, 5) is 12.4. The van der Waals surface area contributed by atoms with Gasteiger partial charge in [0, 0.05) is 5.41 Å². The molecule has 24 heavy (non-hydrogen) atoms. The Morgan fingerprint density at radius 2 is 1.79 bits per heavy atom. The first-order valence-electron chi connectivity index (χ1n) is 8.11. The minimum atomic E-state index is -0.886. The summed E-state index contributed by atoms with van der Waals surface area (Å²) in [6.07, 6.45) is 3.55. The number of carbonyl (C=O) groups excluding carboxylic acids is 1. The van der Waals surface area contributed by atoms with Gasteiger partial charge in [0.15, 0.2) is 5.82 Å². The van der Waals surface area contributed by atoms with Crippen molar-refractivity contribution in [2.45, 2.75) is 39.5 Å². The van der Waals surface area contributed by atoms with E-state index in [1.54, 1.807) is 0 Å². The van der Waals surface area contributed by atoms with Crippen molar-refractivity contribution in [3.8, 4) is 0 Å². The third-order valence-electron chi connectivity index (χ3n) is 4.08. The average molecular weight is 330 g/mol. The van der Waals surface area contributed by atoms with Gasteiger partial charge in [-0.2, -0.15) is 0 Å². The topological polar surface area (TPSA) is 29.1 Å². The Bertz CT molecular complexity index is 683. The summed E-state index contributed by atoms with van der Waals surface area (Å²) in [5, 5.41) is 2.52. The molecule has 0 saturated carbocycles.